The summed E-state index contributed by atoms with van der Waals surface area (Å²) in [7, 11) is 0. The molecule has 5 rings (SSSR count). The lowest BCUT2D eigenvalue weighted by atomic mass is 9.83. The van der Waals surface area contributed by atoms with Crippen molar-refractivity contribution < 1.29 is 24.4 Å². The zero-order chi connectivity index (χ0) is 24.7. The third-order valence-corrected chi connectivity index (χ3v) is 7.20. The van der Waals surface area contributed by atoms with Crippen LogP contribution in [0.2, 0.25) is 0 Å². The summed E-state index contributed by atoms with van der Waals surface area (Å²) in [5.74, 6) is 0. The van der Waals surface area contributed by atoms with E-state index in [-0.39, 0.29) is 12.1 Å². The second-order valence-electron chi connectivity index (χ2n) is 9.69. The Labute approximate surface area is 213 Å². The number of aliphatic hydroxyl groups is 2. The molecule has 0 bridgehead atoms. The molecule has 2 fully saturated rings. The number of nitrogens with zero attached hydrogens (tertiary/aromatic N) is 1. The molecule has 0 aromatic heterocycles. The van der Waals surface area contributed by atoms with Crippen molar-refractivity contribution in [1.29, 1.82) is 0 Å². The van der Waals surface area contributed by atoms with Gasteiger partial charge in [0, 0.05) is 13.1 Å². The van der Waals surface area contributed by atoms with E-state index >= 15 is 0 Å². The highest BCUT2D eigenvalue weighted by Crippen LogP contribution is 2.33. The van der Waals surface area contributed by atoms with Crippen molar-refractivity contribution in [1.82, 2.24) is 4.90 Å². The van der Waals surface area contributed by atoms with E-state index in [0.29, 0.717) is 39.3 Å². The van der Waals surface area contributed by atoms with Crippen molar-refractivity contribution in [2.45, 2.75) is 62.8 Å². The van der Waals surface area contributed by atoms with Crippen molar-refractivity contribution in [3.8, 4) is 0 Å². The predicted octanol–water partition coefficient (Wildman–Crippen LogP) is 3.55. The van der Waals surface area contributed by atoms with Gasteiger partial charge < -0.3 is 24.4 Å². The van der Waals surface area contributed by atoms with Gasteiger partial charge in [0.15, 0.2) is 0 Å². The van der Waals surface area contributed by atoms with E-state index in [9.17, 15) is 10.2 Å². The Hall–Kier alpha value is -2.58. The van der Waals surface area contributed by atoms with Crippen LogP contribution in [0.15, 0.2) is 91.0 Å². The van der Waals surface area contributed by atoms with Crippen molar-refractivity contribution in [3.05, 3.63) is 108 Å². The number of benzene rings is 3. The highest BCUT2D eigenvalue weighted by molar-refractivity contribution is 5.16. The van der Waals surface area contributed by atoms with Crippen molar-refractivity contribution in [2.75, 3.05) is 13.1 Å². The Kier molecular flexibility index (Phi) is 8.43. The molecule has 6 heteroatoms. The predicted molar refractivity (Wildman–Crippen MR) is 137 cm³/mol. The Balaban J connectivity index is 1.41. The van der Waals surface area contributed by atoms with Crippen LogP contribution in [0.25, 0.3) is 0 Å². The molecular formula is C30H35NO5. The quantitative estimate of drug-likeness (QED) is 0.479. The van der Waals surface area contributed by atoms with E-state index in [2.05, 4.69) is 17.0 Å². The maximum atomic E-state index is 11.1. The van der Waals surface area contributed by atoms with Crippen LogP contribution in [0, 0.1) is 0 Å². The van der Waals surface area contributed by atoms with E-state index in [0.717, 1.165) is 16.7 Å². The average molecular weight is 490 g/mol. The van der Waals surface area contributed by atoms with Crippen LogP contribution in [0.1, 0.15) is 23.1 Å². The van der Waals surface area contributed by atoms with Crippen LogP contribution in [-0.4, -0.2) is 64.8 Å². The normalized spacial score (nSPS) is 28.5. The molecule has 2 heterocycles. The SMILES string of the molecule is O[C@@H]1[C@H]2[C@@H](OCc3ccccc3)[C@H](OCc3ccccc3)[C@@H](OCc3ccccc3)CN2CC[C@@H]1O. The highest BCUT2D eigenvalue weighted by Gasteiger charge is 2.51. The molecule has 0 radical (unpaired) electrons. The molecule has 36 heavy (non-hydrogen) atoms. The first-order valence-electron chi connectivity index (χ1n) is 12.8. The Morgan fingerprint density at radius 1 is 0.639 bits per heavy atom. The van der Waals surface area contributed by atoms with Crippen LogP contribution in [0.3, 0.4) is 0 Å². The molecule has 3 aromatic carbocycles. The zero-order valence-corrected chi connectivity index (χ0v) is 20.4. The van der Waals surface area contributed by atoms with Crippen LogP contribution in [-0.2, 0) is 34.0 Å². The van der Waals surface area contributed by atoms with Crippen molar-refractivity contribution in [2.24, 2.45) is 0 Å². The van der Waals surface area contributed by atoms with Crippen LogP contribution >= 0.6 is 0 Å². The summed E-state index contributed by atoms with van der Waals surface area (Å²) in [5, 5.41) is 21.6. The monoisotopic (exact) mass is 489 g/mol. The summed E-state index contributed by atoms with van der Waals surface area (Å²) in [6.07, 6.45) is -2.34. The lowest BCUT2D eigenvalue weighted by Gasteiger charge is -2.53. The molecule has 6 nitrogen and oxygen atoms in total. The van der Waals surface area contributed by atoms with Gasteiger partial charge in [-0.15, -0.1) is 0 Å². The van der Waals surface area contributed by atoms with E-state index in [4.69, 9.17) is 14.2 Å². The van der Waals surface area contributed by atoms with Gasteiger partial charge >= 0.3 is 0 Å². The van der Waals surface area contributed by atoms with Gasteiger partial charge in [-0.3, -0.25) is 4.90 Å². The van der Waals surface area contributed by atoms with Gasteiger partial charge in [-0.1, -0.05) is 91.0 Å². The second-order valence-corrected chi connectivity index (χ2v) is 9.69. The summed E-state index contributed by atoms with van der Waals surface area (Å²) < 4.78 is 19.5. The van der Waals surface area contributed by atoms with Gasteiger partial charge in [-0.05, 0) is 23.1 Å². The molecule has 190 valence electrons. The van der Waals surface area contributed by atoms with Crippen LogP contribution < -0.4 is 0 Å². The lowest BCUT2D eigenvalue weighted by Crippen LogP contribution is -2.70. The van der Waals surface area contributed by atoms with Crippen molar-refractivity contribution in [3.63, 3.8) is 0 Å². The number of aliphatic hydroxyl groups excluding tert-OH is 2. The second kappa shape index (κ2) is 12.1. The first kappa shape index (κ1) is 25.1. The minimum absolute atomic E-state index is 0.256. The molecule has 0 amide bonds. The number of hydrogen-bond acceptors (Lipinski definition) is 6. The average Bonchev–Trinajstić information content (AvgIpc) is 2.93. The number of rotatable bonds is 9. The first-order valence-corrected chi connectivity index (χ1v) is 12.8. The van der Waals surface area contributed by atoms with Gasteiger partial charge in [0.2, 0.25) is 0 Å². The molecule has 2 saturated heterocycles. The van der Waals surface area contributed by atoms with E-state index in [1.165, 1.54) is 0 Å². The third kappa shape index (κ3) is 6.03. The number of ether oxygens (including phenoxy) is 3. The maximum absolute atomic E-state index is 11.1. The topological polar surface area (TPSA) is 71.4 Å². The Bertz CT molecular complexity index is 1050. The molecule has 2 aliphatic rings. The maximum Gasteiger partial charge on any atom is 0.113 e. The van der Waals surface area contributed by atoms with E-state index in [1.807, 2.05) is 78.9 Å². The third-order valence-electron chi connectivity index (χ3n) is 7.20. The Morgan fingerprint density at radius 3 is 1.64 bits per heavy atom. The highest BCUT2D eigenvalue weighted by atomic mass is 16.6. The van der Waals surface area contributed by atoms with Gasteiger partial charge in [-0.2, -0.15) is 0 Å². The van der Waals surface area contributed by atoms with E-state index in [1.54, 1.807) is 0 Å². The lowest BCUT2D eigenvalue weighted by molar-refractivity contribution is -0.233. The number of piperidine rings is 2. The molecule has 2 N–H and O–H groups in total. The fourth-order valence-corrected chi connectivity index (χ4v) is 5.27. The fraction of sp³-hybridized carbons (Fsp3) is 0.400. The summed E-state index contributed by atoms with van der Waals surface area (Å²) >= 11 is 0. The summed E-state index contributed by atoms with van der Waals surface area (Å²) in [5.41, 5.74) is 3.20. The standard InChI is InChI=1S/C30H35NO5/c32-25-16-17-31-18-26(34-19-22-10-4-1-5-11-22)29(35-20-23-12-6-2-7-13-23)30(27(31)28(25)33)36-21-24-14-8-3-9-15-24/h1-15,25-30,32-33H,16-21H2/t25-,26-,27-,28-,29+,30+/m0/s1. The fourth-order valence-electron chi connectivity index (χ4n) is 5.27. The molecule has 0 unspecified atom stereocenters. The number of hydrogen-bond donors (Lipinski definition) is 2. The minimum atomic E-state index is -0.919. The zero-order valence-electron chi connectivity index (χ0n) is 20.4. The minimum Gasteiger partial charge on any atom is -0.390 e. The molecule has 3 aromatic rings. The molecule has 6 atom stereocenters. The van der Waals surface area contributed by atoms with E-state index < -0.39 is 24.4 Å². The molecule has 0 saturated carbocycles. The summed E-state index contributed by atoms with van der Waals surface area (Å²) in [4.78, 5) is 2.20. The van der Waals surface area contributed by atoms with Crippen LogP contribution in [0.5, 0.6) is 0 Å². The summed E-state index contributed by atoms with van der Waals surface area (Å²) in [6, 6.07) is 29.8. The molecule has 0 spiro atoms. The number of fused-ring (bicyclic) bond motifs is 1. The summed E-state index contributed by atoms with van der Waals surface area (Å²) in [6.45, 7) is 2.53. The van der Waals surface area contributed by atoms with Gasteiger partial charge in [0.1, 0.15) is 12.2 Å². The van der Waals surface area contributed by atoms with Crippen LogP contribution in [0.4, 0.5) is 0 Å². The van der Waals surface area contributed by atoms with Gasteiger partial charge in [0.25, 0.3) is 0 Å². The van der Waals surface area contributed by atoms with Crippen molar-refractivity contribution >= 4 is 0 Å². The first-order chi connectivity index (χ1) is 17.7. The largest absolute Gasteiger partial charge is 0.390 e. The molecular weight excluding hydrogens is 454 g/mol. The Morgan fingerprint density at radius 2 is 1.11 bits per heavy atom. The molecule has 0 aliphatic carbocycles. The smallest absolute Gasteiger partial charge is 0.113 e. The molecule has 2 aliphatic heterocycles. The van der Waals surface area contributed by atoms with Gasteiger partial charge in [-0.25, -0.2) is 0 Å². The van der Waals surface area contributed by atoms with Gasteiger partial charge in [0.05, 0.1) is 44.2 Å².